The minimum atomic E-state index is -0.453. The zero-order valence-electron chi connectivity index (χ0n) is 14.8. The van der Waals surface area contributed by atoms with Gasteiger partial charge in [-0.05, 0) is 78.2 Å². The fraction of sp³-hybridized carbons (Fsp3) is 0.190. The molecule has 2 aliphatic heterocycles. The van der Waals surface area contributed by atoms with Crippen LogP contribution >= 0.6 is 23.4 Å². The predicted molar refractivity (Wildman–Crippen MR) is 109 cm³/mol. The first-order chi connectivity index (χ1) is 13.5. The molecule has 0 aromatic heterocycles. The van der Waals surface area contributed by atoms with E-state index in [0.717, 1.165) is 46.4 Å². The molecule has 7 heteroatoms. The fourth-order valence-electron chi connectivity index (χ4n) is 3.13. The van der Waals surface area contributed by atoms with Crippen molar-refractivity contribution in [1.29, 1.82) is 0 Å². The van der Waals surface area contributed by atoms with Gasteiger partial charge in [-0.25, -0.2) is 0 Å². The van der Waals surface area contributed by atoms with Crippen LogP contribution in [0.4, 0.5) is 4.79 Å². The lowest BCUT2D eigenvalue weighted by Gasteiger charge is -2.17. The van der Waals surface area contributed by atoms with E-state index in [1.165, 1.54) is 0 Å². The van der Waals surface area contributed by atoms with Gasteiger partial charge in [0, 0.05) is 10.6 Å². The Kier molecular flexibility index (Phi) is 5.24. The molecule has 0 atom stereocenters. The van der Waals surface area contributed by atoms with Gasteiger partial charge in [0.25, 0.3) is 11.1 Å². The molecule has 0 unspecified atom stereocenters. The van der Waals surface area contributed by atoms with Crippen LogP contribution in [0.25, 0.3) is 6.08 Å². The second-order valence-corrected chi connectivity index (χ2v) is 7.95. The van der Waals surface area contributed by atoms with Crippen LogP contribution in [0.2, 0.25) is 5.02 Å². The van der Waals surface area contributed by atoms with Crippen LogP contribution in [0.3, 0.4) is 0 Å². The van der Waals surface area contributed by atoms with E-state index in [0.29, 0.717) is 22.1 Å². The van der Waals surface area contributed by atoms with Crippen molar-refractivity contribution in [2.45, 2.75) is 12.8 Å². The monoisotopic (exact) mass is 413 g/mol. The maximum atomic E-state index is 12.6. The minimum absolute atomic E-state index is 0.290. The Balaban J connectivity index is 1.51. The Hall–Kier alpha value is -2.57. The molecule has 28 heavy (non-hydrogen) atoms. The molecule has 0 bridgehead atoms. The Bertz CT molecular complexity index is 1000. The lowest BCUT2D eigenvalue weighted by atomic mass is 10.0. The van der Waals surface area contributed by atoms with E-state index in [2.05, 4.69) is 0 Å². The van der Waals surface area contributed by atoms with E-state index in [4.69, 9.17) is 16.3 Å². The fourth-order valence-corrected chi connectivity index (χ4v) is 4.09. The summed E-state index contributed by atoms with van der Waals surface area (Å²) in [4.78, 5) is 38.6. The third-order valence-corrected chi connectivity index (χ3v) is 5.73. The zero-order chi connectivity index (χ0) is 19.7. The number of benzene rings is 2. The smallest absolute Gasteiger partial charge is 0.293 e. The summed E-state index contributed by atoms with van der Waals surface area (Å²) in [6, 6.07) is 12.1. The van der Waals surface area contributed by atoms with Crippen LogP contribution in [0.1, 0.15) is 27.9 Å². The molecule has 2 aromatic rings. The summed E-state index contributed by atoms with van der Waals surface area (Å²) in [7, 11) is 0. The van der Waals surface area contributed by atoms with Crippen molar-refractivity contribution in [3.8, 4) is 5.75 Å². The van der Waals surface area contributed by atoms with Gasteiger partial charge < -0.3 is 4.74 Å². The highest BCUT2D eigenvalue weighted by Crippen LogP contribution is 2.33. The van der Waals surface area contributed by atoms with Gasteiger partial charge in [0.15, 0.2) is 5.78 Å². The average Bonchev–Trinajstić information content (AvgIpc) is 2.95. The topological polar surface area (TPSA) is 63.7 Å². The van der Waals surface area contributed by atoms with E-state index in [1.807, 2.05) is 18.2 Å². The number of nitrogens with zero attached hydrogens (tertiary/aromatic N) is 1. The van der Waals surface area contributed by atoms with Crippen LogP contribution in [0, 0.1) is 0 Å². The molecular formula is C21H16ClNO4S. The standard InChI is InChI=1S/C21H16ClNO4S/c22-16-6-4-14(5-7-16)17(24)12-23-20(25)19(28-21(23)26)11-13-3-8-18-15(10-13)2-1-9-27-18/h3-8,10-11H,1-2,9,12H2. The minimum Gasteiger partial charge on any atom is -0.493 e. The highest BCUT2D eigenvalue weighted by molar-refractivity contribution is 8.18. The van der Waals surface area contributed by atoms with Crippen molar-refractivity contribution in [3.63, 3.8) is 0 Å². The van der Waals surface area contributed by atoms with Gasteiger partial charge in [0.1, 0.15) is 5.75 Å². The summed E-state index contributed by atoms with van der Waals surface area (Å²) in [5.74, 6) is 0.0995. The average molecular weight is 414 g/mol. The van der Waals surface area contributed by atoms with Gasteiger partial charge in [-0.3, -0.25) is 19.3 Å². The number of aryl methyl sites for hydroxylation is 1. The number of rotatable bonds is 4. The molecule has 2 aliphatic rings. The number of hydrogen-bond acceptors (Lipinski definition) is 5. The Morgan fingerprint density at radius 2 is 1.96 bits per heavy atom. The first kappa shape index (κ1) is 18.8. The quantitative estimate of drug-likeness (QED) is 0.542. The van der Waals surface area contributed by atoms with Crippen molar-refractivity contribution < 1.29 is 19.1 Å². The summed E-state index contributed by atoms with van der Waals surface area (Å²) in [5, 5.41) is 0.0703. The normalized spacial score (nSPS) is 17.6. The molecular weight excluding hydrogens is 398 g/mol. The summed E-state index contributed by atoms with van der Waals surface area (Å²) in [6.45, 7) is 0.425. The van der Waals surface area contributed by atoms with E-state index in [-0.39, 0.29) is 12.3 Å². The van der Waals surface area contributed by atoms with Gasteiger partial charge in [-0.15, -0.1) is 0 Å². The summed E-state index contributed by atoms with van der Waals surface area (Å²) in [5.41, 5.74) is 2.33. The largest absolute Gasteiger partial charge is 0.493 e. The maximum absolute atomic E-state index is 12.6. The molecule has 5 nitrogen and oxygen atoms in total. The summed E-state index contributed by atoms with van der Waals surface area (Å²) >= 11 is 6.67. The lowest BCUT2D eigenvalue weighted by molar-refractivity contribution is -0.122. The molecule has 142 valence electrons. The van der Waals surface area contributed by atoms with E-state index in [9.17, 15) is 14.4 Å². The highest BCUT2D eigenvalue weighted by atomic mass is 35.5. The second-order valence-electron chi connectivity index (χ2n) is 6.52. The molecule has 2 aromatic carbocycles. The molecule has 1 fully saturated rings. The summed E-state index contributed by atoms with van der Waals surface area (Å²) < 4.78 is 5.60. The molecule has 1 saturated heterocycles. The molecule has 0 saturated carbocycles. The second kappa shape index (κ2) is 7.81. The van der Waals surface area contributed by atoms with Crippen LogP contribution in [0.15, 0.2) is 47.4 Å². The first-order valence-corrected chi connectivity index (χ1v) is 10.0. The highest BCUT2D eigenvalue weighted by Gasteiger charge is 2.36. The van der Waals surface area contributed by atoms with Gasteiger partial charge in [0.2, 0.25) is 0 Å². The number of amides is 2. The number of carbonyl (C=O) groups excluding carboxylic acids is 3. The number of Topliss-reactive ketones (excluding diaryl/α,β-unsaturated/α-hetero) is 1. The van der Waals surface area contributed by atoms with E-state index < -0.39 is 11.1 Å². The number of thioether (sulfide) groups is 1. The number of hydrogen-bond donors (Lipinski definition) is 0. The Morgan fingerprint density at radius 3 is 2.75 bits per heavy atom. The SMILES string of the molecule is O=C(CN1C(=O)SC(=Cc2ccc3c(c2)CCCO3)C1=O)c1ccc(Cl)cc1. The number of fused-ring (bicyclic) bond motifs is 1. The Labute approximate surface area is 171 Å². The number of carbonyl (C=O) groups is 3. The molecule has 0 radical (unpaired) electrons. The molecule has 0 N–H and O–H groups in total. The number of halogens is 1. The van der Waals surface area contributed by atoms with Crippen molar-refractivity contribution >= 4 is 46.4 Å². The van der Waals surface area contributed by atoms with E-state index >= 15 is 0 Å². The first-order valence-electron chi connectivity index (χ1n) is 8.81. The van der Waals surface area contributed by atoms with Crippen molar-refractivity contribution in [2.75, 3.05) is 13.2 Å². The third-order valence-electron chi connectivity index (χ3n) is 4.57. The molecule has 0 aliphatic carbocycles. The molecule has 4 rings (SSSR count). The van der Waals surface area contributed by atoms with Gasteiger partial charge in [-0.2, -0.15) is 0 Å². The van der Waals surface area contributed by atoms with Crippen LogP contribution in [-0.4, -0.2) is 35.0 Å². The van der Waals surface area contributed by atoms with Crippen molar-refractivity contribution in [1.82, 2.24) is 4.90 Å². The number of imide groups is 1. The number of ether oxygens (including phenoxy) is 1. The van der Waals surface area contributed by atoms with Crippen molar-refractivity contribution in [3.05, 3.63) is 69.1 Å². The van der Waals surface area contributed by atoms with Crippen LogP contribution in [-0.2, 0) is 11.2 Å². The van der Waals surface area contributed by atoms with Gasteiger partial charge in [-0.1, -0.05) is 17.7 Å². The molecule has 2 amide bonds. The van der Waals surface area contributed by atoms with E-state index in [1.54, 1.807) is 30.3 Å². The zero-order valence-corrected chi connectivity index (χ0v) is 16.4. The predicted octanol–water partition coefficient (Wildman–Crippen LogP) is 4.58. The van der Waals surface area contributed by atoms with Crippen LogP contribution in [0.5, 0.6) is 5.75 Å². The maximum Gasteiger partial charge on any atom is 0.293 e. The lowest BCUT2D eigenvalue weighted by Crippen LogP contribution is -2.33. The van der Waals surface area contributed by atoms with Gasteiger partial charge in [0.05, 0.1) is 18.1 Å². The molecule has 2 heterocycles. The summed E-state index contributed by atoms with van der Waals surface area (Å²) in [6.07, 6.45) is 3.57. The van der Waals surface area contributed by atoms with Crippen LogP contribution < -0.4 is 4.74 Å². The Morgan fingerprint density at radius 1 is 1.18 bits per heavy atom. The van der Waals surface area contributed by atoms with Gasteiger partial charge >= 0.3 is 0 Å². The third kappa shape index (κ3) is 3.84. The number of ketones is 1. The van der Waals surface area contributed by atoms with Crippen molar-refractivity contribution in [2.24, 2.45) is 0 Å². The molecule has 0 spiro atoms.